The number of anilines is 1. The largest absolute Gasteiger partial charge is 0.458 e. The van der Waals surface area contributed by atoms with Gasteiger partial charge in [-0.05, 0) is 29.3 Å². The summed E-state index contributed by atoms with van der Waals surface area (Å²) in [4.78, 5) is 24.5. The lowest BCUT2D eigenvalue weighted by atomic mass is 10.0. The van der Waals surface area contributed by atoms with Crippen LogP contribution in [0.3, 0.4) is 0 Å². The van der Waals surface area contributed by atoms with Gasteiger partial charge in [-0.1, -0.05) is 0 Å². The lowest BCUT2D eigenvalue weighted by molar-refractivity contribution is -0.135. The average molecular weight is 360 g/mol. The third-order valence-electron chi connectivity index (χ3n) is 5.12. The third-order valence-corrected chi connectivity index (χ3v) is 5.12. The van der Waals surface area contributed by atoms with Crippen LogP contribution in [0.1, 0.15) is 11.1 Å². The standard InChI is InChI=1S/C20H12N2O5/c23-18-6-10-4-15-19-12(8-22(15)20(24)13(10)9-27-18)3-11-5-16-17(7-14(11)21-19)26-2-1-25-16/h1-5,7,9,21H,6,8H2. The molecule has 1 aromatic heterocycles. The van der Waals surface area contributed by atoms with Crippen molar-refractivity contribution in [1.29, 1.82) is 0 Å². The van der Waals surface area contributed by atoms with Gasteiger partial charge in [-0.25, -0.2) is 0 Å². The van der Waals surface area contributed by atoms with E-state index in [1.165, 1.54) is 18.8 Å². The summed E-state index contributed by atoms with van der Waals surface area (Å²) >= 11 is 0. The number of hydrogen-bond donors (Lipinski definition) is 1. The monoisotopic (exact) mass is 360 g/mol. The smallest absolute Gasteiger partial charge is 0.315 e. The Bertz CT molecular complexity index is 1310. The molecule has 132 valence electrons. The molecule has 0 spiro atoms. The molecular formula is C20H12N2O5. The first-order valence-corrected chi connectivity index (χ1v) is 8.48. The molecular weight excluding hydrogens is 348 g/mol. The number of hydrogen-bond acceptors (Lipinski definition) is 6. The maximum atomic E-state index is 12.9. The van der Waals surface area contributed by atoms with Crippen LogP contribution in [0.5, 0.6) is 11.5 Å². The second-order valence-corrected chi connectivity index (χ2v) is 6.71. The normalized spacial score (nSPS) is 17.6. The predicted octanol–water partition coefficient (Wildman–Crippen LogP) is 0.559. The molecule has 0 bridgehead atoms. The highest BCUT2D eigenvalue weighted by Crippen LogP contribution is 2.40. The lowest BCUT2D eigenvalue weighted by Gasteiger charge is -2.21. The molecule has 0 unspecified atom stereocenters. The van der Waals surface area contributed by atoms with Crippen molar-refractivity contribution >= 4 is 29.7 Å². The van der Waals surface area contributed by atoms with Gasteiger partial charge in [0.05, 0.1) is 29.2 Å². The summed E-state index contributed by atoms with van der Waals surface area (Å²) in [5.41, 5.74) is 4.24. The zero-order valence-corrected chi connectivity index (χ0v) is 13.9. The molecule has 1 aromatic carbocycles. The summed E-state index contributed by atoms with van der Waals surface area (Å²) in [6.45, 7) is 0.458. The molecule has 27 heavy (non-hydrogen) atoms. The maximum absolute atomic E-state index is 12.9. The van der Waals surface area contributed by atoms with Crippen molar-refractivity contribution in [3.05, 3.63) is 68.3 Å². The maximum Gasteiger partial charge on any atom is 0.315 e. The van der Waals surface area contributed by atoms with Crippen LogP contribution in [0.2, 0.25) is 0 Å². The number of aromatic nitrogens is 1. The Kier molecular flexibility index (Phi) is 2.63. The zero-order valence-electron chi connectivity index (χ0n) is 13.9. The number of fused-ring (bicyclic) bond motifs is 5. The van der Waals surface area contributed by atoms with Gasteiger partial charge in [-0.15, -0.1) is 0 Å². The number of nitrogens with zero attached hydrogens (tertiary/aromatic N) is 1. The van der Waals surface area contributed by atoms with Gasteiger partial charge in [0.25, 0.3) is 5.56 Å². The van der Waals surface area contributed by atoms with E-state index in [1.807, 2.05) is 24.3 Å². The molecule has 2 aromatic rings. The molecule has 4 aliphatic rings. The fourth-order valence-corrected chi connectivity index (χ4v) is 3.86. The molecule has 0 atom stereocenters. The van der Waals surface area contributed by atoms with Crippen molar-refractivity contribution < 1.29 is 19.0 Å². The topological polar surface area (TPSA) is 78.8 Å². The van der Waals surface area contributed by atoms with E-state index >= 15 is 0 Å². The molecule has 0 saturated carbocycles. The Labute approximate surface area is 152 Å². The molecule has 0 aliphatic carbocycles. The summed E-state index contributed by atoms with van der Waals surface area (Å²) in [5, 5.41) is 4.63. The van der Waals surface area contributed by atoms with Crippen LogP contribution in [-0.2, 0) is 22.5 Å². The molecule has 0 amide bonds. The van der Waals surface area contributed by atoms with E-state index < -0.39 is 0 Å². The molecule has 4 aliphatic heterocycles. The summed E-state index contributed by atoms with van der Waals surface area (Å²) in [5.74, 6) is 0.913. The number of pyridine rings is 1. The van der Waals surface area contributed by atoms with E-state index in [2.05, 4.69) is 5.32 Å². The number of carbonyl (C=O) groups excluding carboxylic acids is 1. The van der Waals surface area contributed by atoms with Gasteiger partial charge in [0, 0.05) is 17.3 Å². The highest BCUT2D eigenvalue weighted by atomic mass is 16.5. The number of rotatable bonds is 0. The van der Waals surface area contributed by atoms with Crippen molar-refractivity contribution in [3.8, 4) is 11.5 Å². The first kappa shape index (κ1) is 14.4. The van der Waals surface area contributed by atoms with Crippen LogP contribution in [0.15, 0.2) is 41.1 Å². The van der Waals surface area contributed by atoms with E-state index in [4.69, 9.17) is 14.2 Å². The number of esters is 1. The number of nitrogens with one attached hydrogen (secondary N) is 1. The molecule has 1 N–H and O–H groups in total. The van der Waals surface area contributed by atoms with Gasteiger partial charge in [0.1, 0.15) is 18.8 Å². The van der Waals surface area contributed by atoms with Crippen LogP contribution in [-0.4, -0.2) is 10.5 Å². The molecule has 0 fully saturated rings. The fraction of sp³-hybridized carbons (Fsp3) is 0.100. The van der Waals surface area contributed by atoms with Crippen molar-refractivity contribution in [2.45, 2.75) is 13.0 Å². The Morgan fingerprint density at radius 2 is 1.81 bits per heavy atom. The minimum absolute atomic E-state index is 0.100. The second kappa shape index (κ2) is 4.91. The summed E-state index contributed by atoms with van der Waals surface area (Å²) < 4.78 is 17.6. The summed E-state index contributed by atoms with van der Waals surface area (Å²) in [6.07, 6.45) is 6.38. The highest BCUT2D eigenvalue weighted by molar-refractivity contribution is 5.92. The number of carbonyl (C=O) groups is 1. The fourth-order valence-electron chi connectivity index (χ4n) is 3.86. The molecule has 7 nitrogen and oxygen atoms in total. The first-order valence-electron chi connectivity index (χ1n) is 8.48. The van der Waals surface area contributed by atoms with E-state index in [9.17, 15) is 9.59 Å². The van der Waals surface area contributed by atoms with Gasteiger partial charge in [0.15, 0.2) is 11.5 Å². The van der Waals surface area contributed by atoms with E-state index in [-0.39, 0.29) is 17.9 Å². The van der Waals surface area contributed by atoms with Gasteiger partial charge in [-0.3, -0.25) is 9.59 Å². The molecule has 7 heteroatoms. The second-order valence-electron chi connectivity index (χ2n) is 6.71. The molecule has 6 rings (SSSR count). The van der Waals surface area contributed by atoms with Crippen LogP contribution in [0.4, 0.5) is 5.69 Å². The van der Waals surface area contributed by atoms with Crippen LogP contribution >= 0.6 is 0 Å². The Hall–Kier alpha value is -3.74. The average Bonchev–Trinajstić information content (AvgIpc) is 3.02. The zero-order chi connectivity index (χ0) is 18.1. The number of cyclic esters (lactones) is 1. The number of benzene rings is 1. The third kappa shape index (κ3) is 1.96. The minimum atomic E-state index is -0.357. The van der Waals surface area contributed by atoms with Crippen molar-refractivity contribution in [1.82, 2.24) is 4.57 Å². The molecule has 0 saturated heterocycles. The van der Waals surface area contributed by atoms with Gasteiger partial charge in [0.2, 0.25) is 0 Å². The van der Waals surface area contributed by atoms with E-state index in [0.29, 0.717) is 28.8 Å². The molecule has 0 radical (unpaired) electrons. The van der Waals surface area contributed by atoms with Gasteiger partial charge < -0.3 is 24.1 Å². The number of ether oxygens (including phenoxy) is 3. The highest BCUT2D eigenvalue weighted by Gasteiger charge is 2.27. The van der Waals surface area contributed by atoms with Crippen LogP contribution < -0.4 is 30.9 Å². The van der Waals surface area contributed by atoms with Gasteiger partial charge in [-0.2, -0.15) is 0 Å². The Morgan fingerprint density at radius 3 is 2.67 bits per heavy atom. The Morgan fingerprint density at radius 1 is 1.00 bits per heavy atom. The predicted molar refractivity (Wildman–Crippen MR) is 96.1 cm³/mol. The van der Waals surface area contributed by atoms with E-state index in [1.54, 1.807) is 4.57 Å². The summed E-state index contributed by atoms with van der Waals surface area (Å²) in [6, 6.07) is 5.67. The summed E-state index contributed by atoms with van der Waals surface area (Å²) in [7, 11) is 0. The van der Waals surface area contributed by atoms with Crippen molar-refractivity contribution in [2.75, 3.05) is 5.32 Å². The lowest BCUT2D eigenvalue weighted by Crippen LogP contribution is -2.45. The van der Waals surface area contributed by atoms with E-state index in [0.717, 1.165) is 27.9 Å². The molecule has 5 heterocycles. The van der Waals surface area contributed by atoms with Crippen molar-refractivity contribution in [2.24, 2.45) is 0 Å². The quantitative estimate of drug-likeness (QED) is 0.692. The Balaban J connectivity index is 1.57. The minimum Gasteiger partial charge on any atom is -0.458 e. The van der Waals surface area contributed by atoms with Gasteiger partial charge >= 0.3 is 5.97 Å². The van der Waals surface area contributed by atoms with Crippen LogP contribution in [0.25, 0.3) is 18.0 Å². The van der Waals surface area contributed by atoms with Crippen molar-refractivity contribution in [3.63, 3.8) is 0 Å². The first-order chi connectivity index (χ1) is 13.2. The van der Waals surface area contributed by atoms with Crippen LogP contribution in [0, 0.1) is 0 Å². The SMILES string of the molecule is O=C1Cc2cc3n(c(=O)c2=CO1)CC1=Cc2cc4c(cc2NC=31)OC=CO4.